The van der Waals surface area contributed by atoms with E-state index in [4.69, 9.17) is 4.74 Å². The fourth-order valence-electron chi connectivity index (χ4n) is 4.13. The largest absolute Gasteiger partial charge is 0.484 e. The maximum absolute atomic E-state index is 12.8. The molecule has 3 fully saturated rings. The first-order valence-corrected chi connectivity index (χ1v) is 9.27. The van der Waals surface area contributed by atoms with E-state index < -0.39 is 0 Å². The van der Waals surface area contributed by atoms with Gasteiger partial charge in [0.2, 0.25) is 5.91 Å². The fraction of sp³-hybridized carbons (Fsp3) is 0.429. The second-order valence-electron chi connectivity index (χ2n) is 7.36. The first-order valence-electron chi connectivity index (χ1n) is 9.27. The second-order valence-corrected chi connectivity index (χ2v) is 7.36. The lowest BCUT2D eigenvalue weighted by Gasteiger charge is -2.35. The highest BCUT2D eigenvalue weighted by Gasteiger charge is 2.37. The maximum Gasteiger partial charge on any atom is 0.260 e. The van der Waals surface area contributed by atoms with Gasteiger partial charge < -0.3 is 14.5 Å². The van der Waals surface area contributed by atoms with Gasteiger partial charge in [-0.15, -0.1) is 0 Å². The van der Waals surface area contributed by atoms with Crippen molar-refractivity contribution in [2.24, 2.45) is 5.92 Å². The number of fused-ring (bicyclic) bond motifs is 5. The van der Waals surface area contributed by atoms with Crippen LogP contribution in [0.3, 0.4) is 0 Å². The molecule has 3 aliphatic heterocycles. The Balaban J connectivity index is 1.42. The molecule has 0 aliphatic carbocycles. The highest BCUT2D eigenvalue weighted by molar-refractivity contribution is 5.84. The molecule has 2 bridgehead atoms. The van der Waals surface area contributed by atoms with E-state index in [2.05, 4.69) is 6.07 Å². The number of carbonyl (C=O) groups excluding carboxylic acids is 2. The lowest BCUT2D eigenvalue weighted by molar-refractivity contribution is -0.138. The number of amides is 2. The van der Waals surface area contributed by atoms with Gasteiger partial charge in [0.05, 0.1) is 0 Å². The van der Waals surface area contributed by atoms with Gasteiger partial charge in [0.1, 0.15) is 5.75 Å². The van der Waals surface area contributed by atoms with Crippen LogP contribution in [0, 0.1) is 5.92 Å². The minimum Gasteiger partial charge on any atom is -0.484 e. The molecule has 136 valence electrons. The summed E-state index contributed by atoms with van der Waals surface area (Å²) in [6.07, 6.45) is 2.06. The van der Waals surface area contributed by atoms with Gasteiger partial charge in [-0.25, -0.2) is 0 Å². The highest BCUT2D eigenvalue weighted by Crippen LogP contribution is 2.28. The Hall–Kier alpha value is -2.56. The van der Waals surface area contributed by atoms with E-state index in [1.165, 1.54) is 0 Å². The normalized spacial score (nSPS) is 22.3. The number of carbonyl (C=O) groups is 2. The van der Waals surface area contributed by atoms with E-state index in [1.807, 2.05) is 46.2 Å². The zero-order chi connectivity index (χ0) is 18.1. The Kier molecular flexibility index (Phi) is 4.53. The monoisotopic (exact) mass is 352 g/mol. The molecule has 3 saturated heterocycles. The average Bonchev–Trinajstić information content (AvgIpc) is 2.98. The van der Waals surface area contributed by atoms with Crippen LogP contribution in [0.2, 0.25) is 0 Å². The van der Waals surface area contributed by atoms with Crippen molar-refractivity contribution in [3.63, 3.8) is 0 Å². The van der Waals surface area contributed by atoms with E-state index in [1.54, 1.807) is 6.92 Å². The number of piperidine rings is 1. The predicted molar refractivity (Wildman–Crippen MR) is 99.9 cm³/mol. The number of benzene rings is 2. The lowest BCUT2D eigenvalue weighted by atomic mass is 9.95. The summed E-state index contributed by atoms with van der Waals surface area (Å²) in [6, 6.07) is 14.1. The minimum atomic E-state index is 0.0123. The Bertz CT molecular complexity index is 835. The topological polar surface area (TPSA) is 49.9 Å². The molecule has 0 saturated carbocycles. The van der Waals surface area contributed by atoms with Crippen molar-refractivity contribution in [1.29, 1.82) is 0 Å². The van der Waals surface area contributed by atoms with E-state index in [-0.39, 0.29) is 24.5 Å². The third-order valence-electron chi connectivity index (χ3n) is 5.56. The van der Waals surface area contributed by atoms with Crippen molar-refractivity contribution in [2.75, 3.05) is 26.2 Å². The molecule has 5 nitrogen and oxygen atoms in total. The van der Waals surface area contributed by atoms with Crippen LogP contribution >= 0.6 is 0 Å². The van der Waals surface area contributed by atoms with Crippen LogP contribution in [0.15, 0.2) is 42.5 Å². The number of hydrogen-bond donors (Lipinski definition) is 0. The summed E-state index contributed by atoms with van der Waals surface area (Å²) in [7, 11) is 0. The van der Waals surface area contributed by atoms with Crippen LogP contribution in [0.4, 0.5) is 0 Å². The summed E-state index contributed by atoms with van der Waals surface area (Å²) in [6.45, 7) is 3.80. The Morgan fingerprint density at radius 1 is 1.04 bits per heavy atom. The van der Waals surface area contributed by atoms with Crippen molar-refractivity contribution in [3.05, 3.63) is 42.5 Å². The quantitative estimate of drug-likeness (QED) is 0.853. The van der Waals surface area contributed by atoms with Gasteiger partial charge in [0, 0.05) is 32.6 Å². The maximum atomic E-state index is 12.8. The molecule has 5 rings (SSSR count). The SMILES string of the molecule is CC(=O)N1C[C@@H]2CC[C@H](C1)N(C(=O)COc1ccc3ccccc3c1)C2. The Morgan fingerprint density at radius 2 is 1.85 bits per heavy atom. The molecule has 2 aromatic carbocycles. The average molecular weight is 352 g/mol. The Labute approximate surface area is 153 Å². The summed E-state index contributed by atoms with van der Waals surface area (Å²) in [5.74, 6) is 1.20. The van der Waals surface area contributed by atoms with Gasteiger partial charge in [-0.3, -0.25) is 9.59 Å². The van der Waals surface area contributed by atoms with Crippen molar-refractivity contribution in [3.8, 4) is 5.75 Å². The van der Waals surface area contributed by atoms with Gasteiger partial charge in [-0.2, -0.15) is 0 Å². The van der Waals surface area contributed by atoms with Gasteiger partial charge in [0.15, 0.2) is 6.61 Å². The molecular formula is C21H24N2O3. The first-order chi connectivity index (χ1) is 12.6. The molecule has 3 heterocycles. The molecule has 0 unspecified atom stereocenters. The van der Waals surface area contributed by atoms with Gasteiger partial charge >= 0.3 is 0 Å². The van der Waals surface area contributed by atoms with E-state index in [9.17, 15) is 9.59 Å². The molecule has 5 heteroatoms. The molecule has 2 amide bonds. The summed E-state index contributed by atoms with van der Waals surface area (Å²) >= 11 is 0. The predicted octanol–water partition coefficient (Wildman–Crippen LogP) is 2.69. The molecule has 2 atom stereocenters. The van der Waals surface area contributed by atoms with Gasteiger partial charge in [-0.05, 0) is 41.7 Å². The molecule has 2 aromatic rings. The number of rotatable bonds is 3. The van der Waals surface area contributed by atoms with Crippen LogP contribution in [-0.2, 0) is 9.59 Å². The summed E-state index contributed by atoms with van der Waals surface area (Å²) in [4.78, 5) is 28.3. The molecule has 0 spiro atoms. The summed E-state index contributed by atoms with van der Waals surface area (Å²) in [5.41, 5.74) is 0. The highest BCUT2D eigenvalue weighted by atomic mass is 16.5. The van der Waals surface area contributed by atoms with Crippen LogP contribution in [0.5, 0.6) is 5.75 Å². The van der Waals surface area contributed by atoms with Crippen molar-refractivity contribution < 1.29 is 14.3 Å². The third-order valence-corrected chi connectivity index (χ3v) is 5.56. The number of ether oxygens (including phenoxy) is 1. The third kappa shape index (κ3) is 3.39. The molecule has 0 radical (unpaired) electrons. The second kappa shape index (κ2) is 6.98. The van der Waals surface area contributed by atoms with E-state index in [0.717, 1.165) is 36.7 Å². The minimum absolute atomic E-state index is 0.0123. The van der Waals surface area contributed by atoms with Gasteiger partial charge in [0.25, 0.3) is 5.91 Å². The van der Waals surface area contributed by atoms with Gasteiger partial charge in [-0.1, -0.05) is 30.3 Å². The van der Waals surface area contributed by atoms with E-state index >= 15 is 0 Å². The smallest absolute Gasteiger partial charge is 0.260 e. The summed E-state index contributed by atoms with van der Waals surface area (Å²) in [5, 5.41) is 2.25. The molecular weight excluding hydrogens is 328 g/mol. The molecule has 0 aromatic heterocycles. The van der Waals surface area contributed by atoms with Crippen molar-refractivity contribution >= 4 is 22.6 Å². The molecule has 0 N–H and O–H groups in total. The van der Waals surface area contributed by atoms with Crippen molar-refractivity contribution in [1.82, 2.24) is 9.80 Å². The molecule has 26 heavy (non-hydrogen) atoms. The van der Waals surface area contributed by atoms with Crippen LogP contribution < -0.4 is 4.74 Å². The fourth-order valence-corrected chi connectivity index (χ4v) is 4.13. The van der Waals surface area contributed by atoms with Crippen LogP contribution in [-0.4, -0.2) is 53.9 Å². The standard InChI is InChI=1S/C21H24N2O3/c1-15(24)22-11-16-6-8-19(13-22)23(12-16)21(25)14-26-20-9-7-17-4-2-3-5-18(17)10-20/h2-5,7,9-10,16,19H,6,8,11-14H2,1H3/t16-,19+/m0/s1. The number of hydrogen-bond acceptors (Lipinski definition) is 3. The number of nitrogens with zero attached hydrogens (tertiary/aromatic N) is 2. The van der Waals surface area contributed by atoms with E-state index in [0.29, 0.717) is 18.2 Å². The lowest BCUT2D eigenvalue weighted by Crippen LogP contribution is -2.49. The Morgan fingerprint density at radius 3 is 2.65 bits per heavy atom. The van der Waals surface area contributed by atoms with Crippen molar-refractivity contribution in [2.45, 2.75) is 25.8 Å². The molecule has 3 aliphatic rings. The van der Waals surface area contributed by atoms with Crippen LogP contribution in [0.25, 0.3) is 10.8 Å². The van der Waals surface area contributed by atoms with Crippen LogP contribution in [0.1, 0.15) is 19.8 Å². The summed E-state index contributed by atoms with van der Waals surface area (Å²) < 4.78 is 5.78. The zero-order valence-electron chi connectivity index (χ0n) is 15.1. The first kappa shape index (κ1) is 16.9. The zero-order valence-corrected chi connectivity index (χ0v) is 15.1.